The number of aryl methyl sites for hydroxylation is 1. The number of hydrogen-bond donors (Lipinski definition) is 1. The minimum Gasteiger partial charge on any atom is -0.302 e. The lowest BCUT2D eigenvalue weighted by Crippen LogP contribution is -2.19. The van der Waals surface area contributed by atoms with Crippen LogP contribution in [0.15, 0.2) is 29.1 Å². The first-order chi connectivity index (χ1) is 8.77. The van der Waals surface area contributed by atoms with Crippen LogP contribution in [-0.2, 0) is 6.18 Å². The molecule has 0 bridgehead atoms. The molecule has 3 nitrogen and oxygen atoms in total. The van der Waals surface area contributed by atoms with Crippen LogP contribution in [0.1, 0.15) is 11.3 Å². The van der Waals surface area contributed by atoms with Crippen molar-refractivity contribution in [3.05, 3.63) is 51.0 Å². The van der Waals surface area contributed by atoms with E-state index in [0.29, 0.717) is 10.6 Å². The average Bonchev–Trinajstić information content (AvgIpc) is 2.31. The van der Waals surface area contributed by atoms with Crippen LogP contribution in [0.4, 0.5) is 13.2 Å². The molecule has 0 aliphatic rings. The third kappa shape index (κ3) is 2.96. The van der Waals surface area contributed by atoms with Gasteiger partial charge in [0, 0.05) is 10.6 Å². The highest BCUT2D eigenvalue weighted by Gasteiger charge is 2.32. The SMILES string of the molecule is Cc1ccc(-c2cc(C(F)(F)F)[nH]c(=O)n2)cc1Cl. The van der Waals surface area contributed by atoms with Crippen LogP contribution < -0.4 is 5.69 Å². The summed E-state index contributed by atoms with van der Waals surface area (Å²) in [5, 5.41) is 0.396. The molecule has 1 heterocycles. The van der Waals surface area contributed by atoms with Crippen molar-refractivity contribution in [1.82, 2.24) is 9.97 Å². The Bertz CT molecular complexity index is 679. The molecule has 2 aromatic rings. The fourth-order valence-corrected chi connectivity index (χ4v) is 1.69. The number of nitrogens with zero attached hydrogens (tertiary/aromatic N) is 1. The summed E-state index contributed by atoms with van der Waals surface area (Å²) in [5.41, 5.74) is -1.13. The van der Waals surface area contributed by atoms with E-state index in [1.54, 1.807) is 24.0 Å². The van der Waals surface area contributed by atoms with Gasteiger partial charge in [0.2, 0.25) is 0 Å². The molecule has 0 atom stereocenters. The van der Waals surface area contributed by atoms with Gasteiger partial charge in [-0.2, -0.15) is 18.2 Å². The Hall–Kier alpha value is -1.82. The van der Waals surface area contributed by atoms with E-state index in [0.717, 1.165) is 11.6 Å². The van der Waals surface area contributed by atoms with Gasteiger partial charge in [-0.25, -0.2) is 4.79 Å². The van der Waals surface area contributed by atoms with Crippen LogP contribution >= 0.6 is 11.6 Å². The number of nitrogens with one attached hydrogen (secondary N) is 1. The second-order valence-corrected chi connectivity index (χ2v) is 4.35. The molecule has 0 saturated heterocycles. The zero-order valence-electron chi connectivity index (χ0n) is 9.68. The highest BCUT2D eigenvalue weighted by Crippen LogP contribution is 2.30. The maximum atomic E-state index is 12.6. The standard InChI is InChI=1S/C12H8ClF3N2O/c1-6-2-3-7(4-8(6)13)9-5-10(12(14,15)16)18-11(19)17-9/h2-5H,1H3,(H,17,18,19). The number of rotatable bonds is 1. The number of hydrogen-bond acceptors (Lipinski definition) is 2. The number of aromatic amines is 1. The van der Waals surface area contributed by atoms with E-state index in [1.165, 1.54) is 6.07 Å². The predicted molar refractivity (Wildman–Crippen MR) is 65.0 cm³/mol. The van der Waals surface area contributed by atoms with Crippen molar-refractivity contribution in [2.45, 2.75) is 13.1 Å². The molecule has 0 fully saturated rings. The van der Waals surface area contributed by atoms with E-state index >= 15 is 0 Å². The first-order valence-corrected chi connectivity index (χ1v) is 5.60. The van der Waals surface area contributed by atoms with Crippen LogP contribution in [0.2, 0.25) is 5.02 Å². The van der Waals surface area contributed by atoms with Crippen molar-refractivity contribution in [2.24, 2.45) is 0 Å². The van der Waals surface area contributed by atoms with E-state index in [1.807, 2.05) is 0 Å². The Kier molecular flexibility index (Phi) is 3.36. The monoisotopic (exact) mass is 288 g/mol. The maximum Gasteiger partial charge on any atom is 0.431 e. The molecule has 2 rings (SSSR count). The number of halogens is 4. The molecule has 1 aromatic heterocycles. The van der Waals surface area contributed by atoms with Crippen molar-refractivity contribution in [3.63, 3.8) is 0 Å². The molecule has 0 unspecified atom stereocenters. The summed E-state index contributed by atoms with van der Waals surface area (Å²) in [7, 11) is 0. The molecule has 0 saturated carbocycles. The number of H-pyrrole nitrogens is 1. The van der Waals surface area contributed by atoms with E-state index in [9.17, 15) is 18.0 Å². The normalized spacial score (nSPS) is 11.6. The van der Waals surface area contributed by atoms with Crippen LogP contribution in [0, 0.1) is 6.92 Å². The van der Waals surface area contributed by atoms with E-state index < -0.39 is 17.6 Å². The van der Waals surface area contributed by atoms with Gasteiger partial charge in [0.15, 0.2) is 0 Å². The highest BCUT2D eigenvalue weighted by molar-refractivity contribution is 6.31. The van der Waals surface area contributed by atoms with Gasteiger partial charge in [0.05, 0.1) is 5.69 Å². The highest BCUT2D eigenvalue weighted by atomic mass is 35.5. The van der Waals surface area contributed by atoms with Gasteiger partial charge in [-0.15, -0.1) is 0 Å². The molecule has 100 valence electrons. The number of benzene rings is 1. The summed E-state index contributed by atoms with van der Waals surface area (Å²) >= 11 is 5.90. The Balaban J connectivity index is 2.59. The summed E-state index contributed by atoms with van der Waals surface area (Å²) in [4.78, 5) is 16.4. The Labute approximate surface area is 111 Å². The van der Waals surface area contributed by atoms with Crippen LogP contribution in [-0.4, -0.2) is 9.97 Å². The molecule has 1 N–H and O–H groups in total. The molecule has 0 aliphatic heterocycles. The third-order valence-corrected chi connectivity index (χ3v) is 2.92. The minimum absolute atomic E-state index is 0.0713. The molecular formula is C12H8ClF3N2O. The lowest BCUT2D eigenvalue weighted by atomic mass is 10.1. The smallest absolute Gasteiger partial charge is 0.302 e. The summed E-state index contributed by atoms with van der Waals surface area (Å²) in [6, 6.07) is 5.46. The summed E-state index contributed by atoms with van der Waals surface area (Å²) < 4.78 is 37.7. The zero-order chi connectivity index (χ0) is 14.2. The fraction of sp³-hybridized carbons (Fsp3) is 0.167. The lowest BCUT2D eigenvalue weighted by molar-refractivity contribution is -0.141. The topological polar surface area (TPSA) is 45.8 Å². The van der Waals surface area contributed by atoms with Gasteiger partial charge in [-0.1, -0.05) is 23.7 Å². The molecule has 0 aliphatic carbocycles. The summed E-state index contributed by atoms with van der Waals surface area (Å²) in [6.45, 7) is 1.76. The van der Waals surface area contributed by atoms with Crippen molar-refractivity contribution >= 4 is 11.6 Å². The first kappa shape index (κ1) is 13.6. The summed E-state index contributed by atoms with van der Waals surface area (Å²) in [6.07, 6.45) is -4.63. The van der Waals surface area contributed by atoms with E-state index in [2.05, 4.69) is 4.98 Å². The van der Waals surface area contributed by atoms with Crippen molar-refractivity contribution < 1.29 is 13.2 Å². The van der Waals surface area contributed by atoms with Crippen LogP contribution in [0.3, 0.4) is 0 Å². The van der Waals surface area contributed by atoms with Gasteiger partial charge in [0.1, 0.15) is 5.69 Å². The van der Waals surface area contributed by atoms with Crippen molar-refractivity contribution in [3.8, 4) is 11.3 Å². The van der Waals surface area contributed by atoms with E-state index in [4.69, 9.17) is 11.6 Å². The Morgan fingerprint density at radius 3 is 2.53 bits per heavy atom. The van der Waals surface area contributed by atoms with Crippen LogP contribution in [0.5, 0.6) is 0 Å². The quantitative estimate of drug-likeness (QED) is 0.874. The summed E-state index contributed by atoms with van der Waals surface area (Å²) in [5.74, 6) is 0. The van der Waals surface area contributed by atoms with Gasteiger partial charge in [-0.05, 0) is 24.6 Å². The number of alkyl halides is 3. The number of aromatic nitrogens is 2. The molecule has 1 aromatic carbocycles. The Morgan fingerprint density at radius 1 is 1.26 bits per heavy atom. The van der Waals surface area contributed by atoms with Gasteiger partial charge in [0.25, 0.3) is 0 Å². The molecule has 0 radical (unpaired) electrons. The second-order valence-electron chi connectivity index (χ2n) is 3.95. The molecule has 0 spiro atoms. The second kappa shape index (κ2) is 4.70. The van der Waals surface area contributed by atoms with Crippen LogP contribution in [0.25, 0.3) is 11.3 Å². The van der Waals surface area contributed by atoms with Crippen molar-refractivity contribution in [1.29, 1.82) is 0 Å². The van der Waals surface area contributed by atoms with E-state index in [-0.39, 0.29) is 5.69 Å². The lowest BCUT2D eigenvalue weighted by Gasteiger charge is -2.08. The Morgan fingerprint density at radius 2 is 1.95 bits per heavy atom. The molecule has 0 amide bonds. The van der Waals surface area contributed by atoms with Gasteiger partial charge < -0.3 is 4.98 Å². The molecule has 19 heavy (non-hydrogen) atoms. The molecular weight excluding hydrogens is 281 g/mol. The third-order valence-electron chi connectivity index (χ3n) is 2.52. The zero-order valence-corrected chi connectivity index (χ0v) is 10.4. The maximum absolute atomic E-state index is 12.6. The molecule has 7 heteroatoms. The fourth-order valence-electron chi connectivity index (χ4n) is 1.51. The van der Waals surface area contributed by atoms with Gasteiger partial charge in [-0.3, -0.25) is 0 Å². The first-order valence-electron chi connectivity index (χ1n) is 5.22. The van der Waals surface area contributed by atoms with Gasteiger partial charge >= 0.3 is 11.9 Å². The predicted octanol–water partition coefficient (Wildman–Crippen LogP) is 3.42. The average molecular weight is 289 g/mol. The van der Waals surface area contributed by atoms with Crippen molar-refractivity contribution in [2.75, 3.05) is 0 Å². The largest absolute Gasteiger partial charge is 0.431 e. The minimum atomic E-state index is -4.63.